The van der Waals surface area contributed by atoms with E-state index in [4.69, 9.17) is 34.0 Å². The lowest BCUT2D eigenvalue weighted by atomic mass is 12.0. The molecule has 0 fully saturated rings. The molecule has 0 aromatic heterocycles. The molecule has 5 N–H and O–H groups in total. The van der Waals surface area contributed by atoms with E-state index in [1.165, 1.54) is 0 Å². The van der Waals surface area contributed by atoms with E-state index < -0.39 is 20.5 Å². The minimum Gasteiger partial charge on any atom is -0.262 e. The first-order valence-electron chi connectivity index (χ1n) is 2.16. The van der Waals surface area contributed by atoms with Crippen molar-refractivity contribution in [3.63, 3.8) is 0 Å². The van der Waals surface area contributed by atoms with Crippen LogP contribution in [0.4, 0.5) is 0 Å². The summed E-state index contributed by atoms with van der Waals surface area (Å²) in [5, 5.41) is 26.4. The summed E-state index contributed by atoms with van der Waals surface area (Å²) in [6.45, 7) is 0. The average molecular weight is 324 g/mol. The first kappa shape index (κ1) is 43.2. The molecule has 0 spiro atoms. The van der Waals surface area contributed by atoms with Crippen LogP contribution in [0.2, 0.25) is 0 Å². The molecule has 13 heteroatoms. The molecule has 0 amide bonds. The van der Waals surface area contributed by atoms with Crippen molar-refractivity contribution in [1.29, 1.82) is 0 Å². The average Bonchev–Trinajstić information content (AvgIpc) is 2.07. The third kappa shape index (κ3) is 106. The minimum absolute atomic E-state index is 0. The molecule has 0 aliphatic heterocycles. The highest BCUT2D eigenvalue weighted by Crippen LogP contribution is 1.75. The van der Waals surface area contributed by atoms with Crippen molar-refractivity contribution < 1.29 is 51.1 Å². The Morgan fingerprint density at radius 2 is 0.889 bits per heavy atom. The molecule has 0 aromatic rings. The lowest BCUT2D eigenvalue weighted by Gasteiger charge is -1.81. The van der Waals surface area contributed by atoms with Crippen LogP contribution in [0.5, 0.6) is 0 Å². The molecule has 0 aliphatic carbocycles. The smallest absolute Gasteiger partial charge is 0.262 e. The lowest BCUT2D eigenvalue weighted by molar-refractivity contribution is -0.176. The minimum atomic E-state index is -4.61. The molecule has 0 aromatic carbocycles. The molecule has 0 atom stereocenters. The highest BCUT2D eigenvalue weighted by Gasteiger charge is 1.97. The zero-order chi connectivity index (χ0) is 12.4. The van der Waals surface area contributed by atoms with Crippen LogP contribution in [-0.2, 0) is 29.2 Å². The summed E-state index contributed by atoms with van der Waals surface area (Å²) in [5.74, 6) is 0. The quantitative estimate of drug-likeness (QED) is 0.279. The molecule has 0 unspecified atom stereocenters. The van der Waals surface area contributed by atoms with Crippen molar-refractivity contribution >= 4 is 20.5 Å². The van der Waals surface area contributed by atoms with Crippen molar-refractivity contribution in [3.8, 4) is 0 Å². The number of hydrogen-bond donors (Lipinski definition) is 5. The zero-order valence-corrected chi connectivity index (χ0v) is 8.14. The summed E-state index contributed by atoms with van der Waals surface area (Å²) in [6.07, 6.45) is 0.743. The topological polar surface area (TPSA) is 188 Å². The van der Waals surface area contributed by atoms with Crippen LogP contribution in [-0.4, -0.2) is 48.7 Å². The monoisotopic (exact) mass is 324 g/mol. The van der Waals surface area contributed by atoms with Gasteiger partial charge in [0.05, 0.1) is 6.26 Å². The molecule has 18 heavy (non-hydrogen) atoms. The molecule has 0 bridgehead atoms. The van der Waals surface area contributed by atoms with Gasteiger partial charge in [-0.25, -0.2) is 10.5 Å². The maximum atomic E-state index is 9.53. The van der Waals surface area contributed by atoms with E-state index in [0.717, 1.165) is 6.26 Å². The normalized spacial score (nSPS) is 8.11. The molecule has 0 radical (unpaired) electrons. The van der Waals surface area contributed by atoms with E-state index in [9.17, 15) is 8.42 Å². The van der Waals surface area contributed by atoms with Crippen LogP contribution in [0.15, 0.2) is 0 Å². The van der Waals surface area contributed by atoms with Gasteiger partial charge in [0.15, 0.2) is 0 Å². The summed E-state index contributed by atoms with van der Waals surface area (Å²) in [6, 6.07) is 0. The second kappa shape index (κ2) is 21.9. The first-order chi connectivity index (χ1) is 6.12. The highest BCUT2D eigenvalue weighted by molar-refractivity contribution is 7.85. The largest absolute Gasteiger partial charge is 0.423 e. The van der Waals surface area contributed by atoms with Crippen molar-refractivity contribution in [1.82, 2.24) is 0 Å². The van der Waals surface area contributed by atoms with E-state index in [2.05, 4.69) is 8.67 Å². The third-order valence-corrected chi connectivity index (χ3v) is 0.689. The lowest BCUT2D eigenvalue weighted by Crippen LogP contribution is -1.97. The van der Waals surface area contributed by atoms with Gasteiger partial charge >= 0.3 is 10.4 Å². The summed E-state index contributed by atoms with van der Waals surface area (Å²) in [4.78, 5) is 0. The Bertz CT molecular complexity index is 259. The summed E-state index contributed by atoms with van der Waals surface area (Å²) in [7, 11) is -8.21. The fraction of sp³-hybridized carbons (Fsp3) is 1.00. The Balaban J connectivity index is -0.0000000197. The molecule has 0 heterocycles. The Morgan fingerprint density at radius 3 is 0.889 bits per heavy atom. The van der Waals surface area contributed by atoms with Gasteiger partial charge in [-0.15, -0.1) is 4.33 Å². The van der Waals surface area contributed by atoms with E-state index in [1.54, 1.807) is 0 Å². The van der Waals surface area contributed by atoms with Crippen LogP contribution in [0.3, 0.4) is 0 Å². The van der Waals surface area contributed by atoms with Crippen LogP contribution >= 0.6 is 0 Å². The van der Waals surface area contributed by atoms with Gasteiger partial charge in [0.2, 0.25) is 0 Å². The van der Waals surface area contributed by atoms with Crippen molar-refractivity contribution in [2.75, 3.05) is 6.26 Å². The van der Waals surface area contributed by atoms with Crippen LogP contribution in [0.25, 0.3) is 0 Å². The first-order valence-corrected chi connectivity index (χ1v) is 5.34. The Hall–Kier alpha value is -0.380. The van der Waals surface area contributed by atoms with E-state index in [1.807, 2.05) is 0 Å². The van der Waals surface area contributed by atoms with Gasteiger partial charge in [-0.05, 0) is 0 Å². The molecule has 11 nitrogen and oxygen atoms in total. The zero-order valence-electron chi connectivity index (χ0n) is 6.50. The maximum Gasteiger partial charge on any atom is 0.423 e. The Labute approximate surface area is 108 Å². The molecule has 0 rings (SSSR count). The van der Waals surface area contributed by atoms with Gasteiger partial charge in [-0.1, -0.05) is 34.0 Å². The SMILES string of the molecule is C.C.C.C.CS(=O)(=O)OO.O=S(=O)(O)OO.OO. The predicted octanol–water partition coefficient (Wildman–Crippen LogP) is 1.28. The summed E-state index contributed by atoms with van der Waals surface area (Å²) in [5.41, 5.74) is 0. The van der Waals surface area contributed by atoms with Gasteiger partial charge in [0.25, 0.3) is 10.1 Å². The second-order valence-electron chi connectivity index (χ2n) is 1.28. The van der Waals surface area contributed by atoms with E-state index >= 15 is 0 Å². The number of rotatable bonds is 2. The van der Waals surface area contributed by atoms with Crippen LogP contribution < -0.4 is 0 Å². The fourth-order valence-corrected chi connectivity index (χ4v) is 0. The standard InChI is InChI=1S/CH4O4S.4CH4.H2O5S.H2O2/c1-6(3,4)5-2;;;;;1-5-6(2,3)4;1-2/h2H,1H3;4*1H4;1H,(H,2,3,4);1-2H. The third-order valence-electron chi connectivity index (χ3n) is 0.230. The van der Waals surface area contributed by atoms with Crippen molar-refractivity contribution in [3.05, 3.63) is 0 Å². The van der Waals surface area contributed by atoms with Crippen LogP contribution in [0, 0.1) is 0 Å². The molecule has 0 saturated carbocycles. The molecule has 122 valence electrons. The van der Waals surface area contributed by atoms with Gasteiger partial charge in [0, 0.05) is 0 Å². The van der Waals surface area contributed by atoms with E-state index in [-0.39, 0.29) is 29.7 Å². The Morgan fingerprint density at radius 1 is 0.778 bits per heavy atom. The van der Waals surface area contributed by atoms with Crippen LogP contribution in [0.1, 0.15) is 29.7 Å². The van der Waals surface area contributed by atoms with Crippen molar-refractivity contribution in [2.24, 2.45) is 0 Å². The maximum absolute atomic E-state index is 9.53. The molecule has 0 saturated heterocycles. The van der Waals surface area contributed by atoms with Gasteiger partial charge in [-0.3, -0.25) is 15.1 Å². The predicted molar refractivity (Wildman–Crippen MR) is 66.0 cm³/mol. The van der Waals surface area contributed by atoms with Crippen molar-refractivity contribution in [2.45, 2.75) is 29.7 Å². The molecular formula is C5H24O11S2. The summed E-state index contributed by atoms with van der Waals surface area (Å²) < 4.78 is 49.9. The fourth-order valence-electron chi connectivity index (χ4n) is 0. The molecule has 0 aliphatic rings. The second-order valence-corrected chi connectivity index (χ2v) is 3.84. The highest BCUT2D eigenvalue weighted by atomic mass is 32.3. The number of hydrogen-bond acceptors (Lipinski definition) is 10. The van der Waals surface area contributed by atoms with Gasteiger partial charge in [-0.2, -0.15) is 16.8 Å². The van der Waals surface area contributed by atoms with E-state index in [0.29, 0.717) is 0 Å². The molecular weight excluding hydrogens is 300 g/mol. The summed E-state index contributed by atoms with van der Waals surface area (Å²) >= 11 is 0. The Kier molecular flexibility index (Phi) is 52.4. The van der Waals surface area contributed by atoms with Gasteiger partial charge < -0.3 is 0 Å². The van der Waals surface area contributed by atoms with Gasteiger partial charge in [0.1, 0.15) is 0 Å².